The van der Waals surface area contributed by atoms with Gasteiger partial charge in [-0.15, -0.1) is 11.8 Å². The number of benzene rings is 1. The number of hydrogen-bond donors (Lipinski definition) is 0. The Bertz CT molecular complexity index is 605. The van der Waals surface area contributed by atoms with Crippen molar-refractivity contribution in [3.63, 3.8) is 0 Å². The van der Waals surface area contributed by atoms with E-state index < -0.39 is 45.6 Å². The van der Waals surface area contributed by atoms with Gasteiger partial charge in [-0.05, 0) is 20.1 Å². The lowest BCUT2D eigenvalue weighted by Crippen LogP contribution is -2.34. The summed E-state index contributed by atoms with van der Waals surface area (Å²) >= 11 is 6.92. The Balaban J connectivity index is 3.15. The molecular weight excluding hydrogens is 367 g/mol. The van der Waals surface area contributed by atoms with Crippen LogP contribution < -0.4 is 4.74 Å². The topological polar surface area (TPSA) is 26.3 Å². The van der Waals surface area contributed by atoms with E-state index >= 15 is 0 Å². The number of esters is 1. The maximum absolute atomic E-state index is 13.4. The average Bonchev–Trinajstić information content (AvgIpc) is 2.46. The van der Waals surface area contributed by atoms with Gasteiger partial charge in [-0.2, -0.15) is 8.78 Å². The monoisotopic (exact) mass is 376 g/mol. The minimum Gasteiger partial charge on any atom is -0.419 e. The standard InChI is InChI=1S/C12H9F5O2S3/c1-12(2,22-11(20)21-3)10(18)19-9-7(16)5(14)4(13)6(15)8(9)17/h1-3H3. The van der Waals surface area contributed by atoms with Crippen LogP contribution in [0.5, 0.6) is 5.75 Å². The molecule has 0 aliphatic rings. The zero-order valence-electron chi connectivity index (χ0n) is 11.4. The van der Waals surface area contributed by atoms with Crippen molar-refractivity contribution in [2.45, 2.75) is 18.6 Å². The number of carbonyl (C=O) groups excluding carboxylic acids is 1. The van der Waals surface area contributed by atoms with Gasteiger partial charge in [0.15, 0.2) is 0 Å². The average molecular weight is 376 g/mol. The molecule has 0 radical (unpaired) electrons. The number of carbonyl (C=O) groups is 1. The highest BCUT2D eigenvalue weighted by Gasteiger charge is 2.35. The fraction of sp³-hybridized carbons (Fsp3) is 0.333. The Morgan fingerprint density at radius 2 is 1.41 bits per heavy atom. The van der Waals surface area contributed by atoms with Gasteiger partial charge in [0.25, 0.3) is 0 Å². The zero-order valence-corrected chi connectivity index (χ0v) is 13.9. The van der Waals surface area contributed by atoms with Crippen LogP contribution in [0.3, 0.4) is 0 Å². The second kappa shape index (κ2) is 7.14. The van der Waals surface area contributed by atoms with E-state index in [1.165, 1.54) is 13.8 Å². The molecule has 1 rings (SSSR count). The molecule has 0 fully saturated rings. The minimum absolute atomic E-state index is 0.347. The molecule has 122 valence electrons. The molecule has 0 amide bonds. The molecular formula is C12H9F5O2S3. The summed E-state index contributed by atoms with van der Waals surface area (Å²) in [7, 11) is 0. The van der Waals surface area contributed by atoms with E-state index in [0.717, 1.165) is 23.5 Å². The van der Waals surface area contributed by atoms with Gasteiger partial charge in [-0.3, -0.25) is 4.79 Å². The van der Waals surface area contributed by atoms with Crippen LogP contribution in [0.1, 0.15) is 13.8 Å². The summed E-state index contributed by atoms with van der Waals surface area (Å²) in [4.78, 5) is 11.9. The Morgan fingerprint density at radius 1 is 1.00 bits per heavy atom. The molecule has 0 saturated heterocycles. The third-order valence-electron chi connectivity index (χ3n) is 2.36. The van der Waals surface area contributed by atoms with E-state index in [2.05, 4.69) is 4.74 Å². The van der Waals surface area contributed by atoms with Crippen molar-refractivity contribution in [1.82, 2.24) is 0 Å². The fourth-order valence-electron chi connectivity index (χ4n) is 1.18. The van der Waals surface area contributed by atoms with Crippen LogP contribution in [0.4, 0.5) is 22.0 Å². The molecule has 22 heavy (non-hydrogen) atoms. The van der Waals surface area contributed by atoms with Gasteiger partial charge in [-0.1, -0.05) is 24.0 Å². The van der Waals surface area contributed by atoms with Crippen molar-refractivity contribution in [2.75, 3.05) is 6.26 Å². The fourth-order valence-corrected chi connectivity index (χ4v) is 3.31. The molecule has 0 heterocycles. The summed E-state index contributed by atoms with van der Waals surface area (Å²) < 4.78 is 69.2. The van der Waals surface area contributed by atoms with Gasteiger partial charge < -0.3 is 4.74 Å². The van der Waals surface area contributed by atoms with Crippen LogP contribution in [-0.4, -0.2) is 20.5 Å². The molecule has 0 atom stereocenters. The van der Waals surface area contributed by atoms with E-state index in [0.29, 0.717) is 3.53 Å². The van der Waals surface area contributed by atoms with Gasteiger partial charge in [-0.25, -0.2) is 13.2 Å². The lowest BCUT2D eigenvalue weighted by Gasteiger charge is -2.21. The Hall–Kier alpha value is -0.870. The highest BCUT2D eigenvalue weighted by molar-refractivity contribution is 8.47. The van der Waals surface area contributed by atoms with Crippen molar-refractivity contribution >= 4 is 45.2 Å². The van der Waals surface area contributed by atoms with Crippen molar-refractivity contribution in [2.24, 2.45) is 0 Å². The van der Waals surface area contributed by atoms with Crippen LogP contribution in [0.25, 0.3) is 0 Å². The molecule has 0 aromatic heterocycles. The highest BCUT2D eigenvalue weighted by Crippen LogP contribution is 2.34. The largest absolute Gasteiger partial charge is 0.419 e. The summed E-state index contributed by atoms with van der Waals surface area (Å²) in [6.45, 7) is 2.68. The summed E-state index contributed by atoms with van der Waals surface area (Å²) in [5, 5.41) is 0. The van der Waals surface area contributed by atoms with Crippen LogP contribution in [0.2, 0.25) is 0 Å². The van der Waals surface area contributed by atoms with E-state index in [4.69, 9.17) is 12.2 Å². The zero-order chi connectivity index (χ0) is 17.2. The molecule has 1 aromatic carbocycles. The van der Waals surface area contributed by atoms with E-state index in [9.17, 15) is 26.7 Å². The first kappa shape index (κ1) is 19.2. The summed E-state index contributed by atoms with van der Waals surface area (Å²) in [6, 6.07) is 0. The molecule has 0 N–H and O–H groups in total. The summed E-state index contributed by atoms with van der Waals surface area (Å²) in [5.41, 5.74) is 0. The van der Waals surface area contributed by atoms with E-state index in [-0.39, 0.29) is 0 Å². The van der Waals surface area contributed by atoms with Crippen molar-refractivity contribution in [3.05, 3.63) is 29.1 Å². The van der Waals surface area contributed by atoms with Crippen LogP contribution in [0, 0.1) is 29.1 Å². The van der Waals surface area contributed by atoms with Gasteiger partial charge >= 0.3 is 5.97 Å². The van der Waals surface area contributed by atoms with Crippen molar-refractivity contribution in [1.29, 1.82) is 0 Å². The third-order valence-corrected chi connectivity index (χ3v) is 5.04. The molecule has 0 unspecified atom stereocenters. The quantitative estimate of drug-likeness (QED) is 0.194. The molecule has 0 spiro atoms. The number of thiocarbonyl (C=S) groups is 1. The van der Waals surface area contributed by atoms with E-state index in [1.807, 2.05) is 0 Å². The normalized spacial score (nSPS) is 11.5. The van der Waals surface area contributed by atoms with Crippen LogP contribution >= 0.6 is 35.7 Å². The Morgan fingerprint density at radius 3 is 1.82 bits per heavy atom. The van der Waals surface area contributed by atoms with Gasteiger partial charge in [0.05, 0.1) is 0 Å². The van der Waals surface area contributed by atoms with Crippen molar-refractivity contribution < 1.29 is 31.5 Å². The number of ether oxygens (including phenoxy) is 1. The second-order valence-corrected chi connectivity index (χ2v) is 7.99. The predicted molar refractivity (Wildman–Crippen MR) is 79.7 cm³/mol. The van der Waals surface area contributed by atoms with Gasteiger partial charge in [0.2, 0.25) is 34.8 Å². The summed E-state index contributed by atoms with van der Waals surface area (Å²) in [6.07, 6.45) is 1.65. The Labute approximate surface area is 136 Å². The lowest BCUT2D eigenvalue weighted by atomic mass is 10.2. The maximum atomic E-state index is 13.4. The first-order valence-electron chi connectivity index (χ1n) is 5.53. The molecule has 2 nitrogen and oxygen atoms in total. The molecule has 10 heteroatoms. The predicted octanol–water partition coefficient (Wildman–Crippen LogP) is 4.45. The first-order chi connectivity index (χ1) is 10.0. The number of halogens is 5. The lowest BCUT2D eigenvalue weighted by molar-refractivity contribution is -0.136. The number of thioether (sulfide) groups is 2. The Kier molecular flexibility index (Phi) is 6.22. The molecule has 0 aliphatic heterocycles. The third kappa shape index (κ3) is 3.90. The van der Waals surface area contributed by atoms with Gasteiger partial charge in [0, 0.05) is 0 Å². The highest BCUT2D eigenvalue weighted by atomic mass is 32.2. The first-order valence-corrected chi connectivity index (χ1v) is 7.98. The molecule has 0 bridgehead atoms. The summed E-state index contributed by atoms with van der Waals surface area (Å²) in [5.74, 6) is -14.0. The molecule has 0 saturated carbocycles. The smallest absolute Gasteiger partial charge is 0.327 e. The molecule has 1 aromatic rings. The van der Waals surface area contributed by atoms with E-state index in [1.54, 1.807) is 6.26 Å². The maximum Gasteiger partial charge on any atom is 0.327 e. The number of rotatable bonds is 3. The molecule has 0 aliphatic carbocycles. The number of hydrogen-bond acceptors (Lipinski definition) is 5. The van der Waals surface area contributed by atoms with Crippen LogP contribution in [-0.2, 0) is 4.79 Å². The van der Waals surface area contributed by atoms with Crippen molar-refractivity contribution in [3.8, 4) is 5.75 Å². The SMILES string of the molecule is CSC(=S)SC(C)(C)C(=O)Oc1c(F)c(F)c(F)c(F)c1F. The van der Waals surface area contributed by atoms with Crippen LogP contribution in [0.15, 0.2) is 0 Å². The van der Waals surface area contributed by atoms with Gasteiger partial charge in [0.1, 0.15) is 8.28 Å². The minimum atomic E-state index is -2.33. The second-order valence-electron chi connectivity index (χ2n) is 4.36.